The first kappa shape index (κ1) is 15.0. The second-order valence-electron chi connectivity index (χ2n) is 7.72. The Morgan fingerprint density at radius 2 is 1.60 bits per heavy atom. The van der Waals surface area contributed by atoms with E-state index in [1.54, 1.807) is 4.90 Å². The number of fused-ring (bicyclic) bond motifs is 3. The molecule has 1 aliphatic heterocycles. The van der Waals surface area contributed by atoms with Crippen LogP contribution in [0.3, 0.4) is 0 Å². The first-order valence-electron chi connectivity index (χ1n) is 8.93. The maximum absolute atomic E-state index is 12.4. The summed E-state index contributed by atoms with van der Waals surface area (Å²) in [5.41, 5.74) is 5.12. The quantitative estimate of drug-likeness (QED) is 0.915. The SMILES string of the molecule is O=C(OCC1c2ccccc2-c2ccccc21)N1CC2(CC(O)C2)C1. The average molecular weight is 335 g/mol. The highest BCUT2D eigenvalue weighted by atomic mass is 16.6. The van der Waals surface area contributed by atoms with Gasteiger partial charge in [-0.05, 0) is 35.1 Å². The molecule has 4 heteroatoms. The minimum Gasteiger partial charge on any atom is -0.448 e. The predicted molar refractivity (Wildman–Crippen MR) is 94.3 cm³/mol. The summed E-state index contributed by atoms with van der Waals surface area (Å²) in [4.78, 5) is 14.1. The lowest BCUT2D eigenvalue weighted by Crippen LogP contribution is -2.65. The third-order valence-corrected chi connectivity index (χ3v) is 5.98. The van der Waals surface area contributed by atoms with Crippen LogP contribution in [0.4, 0.5) is 4.79 Å². The van der Waals surface area contributed by atoms with Gasteiger partial charge >= 0.3 is 6.09 Å². The smallest absolute Gasteiger partial charge is 0.409 e. The second kappa shape index (κ2) is 5.33. The molecule has 3 aliphatic rings. The molecule has 2 aliphatic carbocycles. The van der Waals surface area contributed by atoms with Gasteiger partial charge in [-0.1, -0.05) is 48.5 Å². The summed E-state index contributed by atoms with van der Waals surface area (Å²) < 4.78 is 5.66. The summed E-state index contributed by atoms with van der Waals surface area (Å²) in [6.45, 7) is 1.82. The number of aliphatic hydroxyl groups excluding tert-OH is 1. The number of hydrogen-bond donors (Lipinski definition) is 1. The Labute approximate surface area is 147 Å². The van der Waals surface area contributed by atoms with Gasteiger partial charge in [-0.3, -0.25) is 0 Å². The number of carbonyl (C=O) groups excluding carboxylic acids is 1. The highest BCUT2D eigenvalue weighted by Crippen LogP contribution is 2.49. The number of amides is 1. The first-order valence-corrected chi connectivity index (χ1v) is 8.93. The van der Waals surface area contributed by atoms with Crippen LogP contribution < -0.4 is 0 Å². The molecule has 0 bridgehead atoms. The van der Waals surface area contributed by atoms with Crippen LogP contribution >= 0.6 is 0 Å². The van der Waals surface area contributed by atoms with Crippen LogP contribution in [-0.2, 0) is 4.74 Å². The minimum absolute atomic E-state index is 0.108. The Morgan fingerprint density at radius 1 is 1.04 bits per heavy atom. The van der Waals surface area contributed by atoms with Gasteiger partial charge < -0.3 is 14.7 Å². The molecule has 2 fully saturated rings. The van der Waals surface area contributed by atoms with E-state index in [0.29, 0.717) is 6.61 Å². The Morgan fingerprint density at radius 3 is 2.16 bits per heavy atom. The van der Waals surface area contributed by atoms with Crippen LogP contribution in [0.25, 0.3) is 11.1 Å². The molecule has 1 saturated heterocycles. The summed E-state index contributed by atoms with van der Waals surface area (Å²) in [5.74, 6) is 0.108. The van der Waals surface area contributed by atoms with Crippen LogP contribution in [0.2, 0.25) is 0 Å². The molecule has 0 unspecified atom stereocenters. The molecule has 1 heterocycles. The molecule has 1 saturated carbocycles. The zero-order valence-corrected chi connectivity index (χ0v) is 14.0. The number of nitrogens with zero attached hydrogens (tertiary/aromatic N) is 1. The van der Waals surface area contributed by atoms with Gasteiger partial charge in [-0.2, -0.15) is 0 Å². The molecule has 4 nitrogen and oxygen atoms in total. The van der Waals surface area contributed by atoms with Crippen molar-refractivity contribution in [2.75, 3.05) is 19.7 Å². The van der Waals surface area contributed by atoms with E-state index >= 15 is 0 Å². The van der Waals surface area contributed by atoms with E-state index in [1.807, 2.05) is 12.1 Å². The fraction of sp³-hybridized carbons (Fsp3) is 0.381. The van der Waals surface area contributed by atoms with E-state index in [0.717, 1.165) is 25.9 Å². The topological polar surface area (TPSA) is 49.8 Å². The van der Waals surface area contributed by atoms with Crippen LogP contribution in [0.1, 0.15) is 29.9 Å². The maximum atomic E-state index is 12.4. The second-order valence-corrected chi connectivity index (χ2v) is 7.72. The standard InChI is InChI=1S/C21H21NO3/c23-14-9-21(10-14)12-22(13-21)20(24)25-11-19-17-7-3-1-5-15(17)16-6-2-4-8-18(16)19/h1-8,14,19,23H,9-13H2. The molecule has 0 radical (unpaired) electrons. The lowest BCUT2D eigenvalue weighted by atomic mass is 9.62. The monoisotopic (exact) mass is 335 g/mol. The van der Waals surface area contributed by atoms with Crippen molar-refractivity contribution in [1.82, 2.24) is 4.90 Å². The Bertz CT molecular complexity index is 787. The van der Waals surface area contributed by atoms with Crippen molar-refractivity contribution >= 4 is 6.09 Å². The summed E-state index contributed by atoms with van der Waals surface area (Å²) in [6, 6.07) is 16.7. The zero-order chi connectivity index (χ0) is 17.0. The van der Waals surface area contributed by atoms with E-state index in [9.17, 15) is 9.90 Å². The fourth-order valence-corrected chi connectivity index (χ4v) is 4.78. The van der Waals surface area contributed by atoms with Crippen LogP contribution in [0.5, 0.6) is 0 Å². The third-order valence-electron chi connectivity index (χ3n) is 5.98. The van der Waals surface area contributed by atoms with Crippen LogP contribution in [0, 0.1) is 5.41 Å². The number of carbonyl (C=O) groups is 1. The molecular formula is C21H21NO3. The molecule has 1 amide bonds. The third kappa shape index (κ3) is 2.28. The molecule has 1 N–H and O–H groups in total. The van der Waals surface area contributed by atoms with Gasteiger partial charge in [0.2, 0.25) is 0 Å². The van der Waals surface area contributed by atoms with Crippen molar-refractivity contribution in [1.29, 1.82) is 0 Å². The largest absolute Gasteiger partial charge is 0.448 e. The van der Waals surface area contributed by atoms with E-state index in [-0.39, 0.29) is 23.5 Å². The lowest BCUT2D eigenvalue weighted by Gasteiger charge is -2.57. The van der Waals surface area contributed by atoms with E-state index in [2.05, 4.69) is 36.4 Å². The molecule has 2 aromatic carbocycles. The van der Waals surface area contributed by atoms with Crippen molar-refractivity contribution in [3.63, 3.8) is 0 Å². The summed E-state index contributed by atoms with van der Waals surface area (Å²) in [7, 11) is 0. The van der Waals surface area contributed by atoms with Gasteiger partial charge in [0.25, 0.3) is 0 Å². The summed E-state index contributed by atoms with van der Waals surface area (Å²) in [5, 5.41) is 9.47. The van der Waals surface area contributed by atoms with Crippen LogP contribution in [0.15, 0.2) is 48.5 Å². The van der Waals surface area contributed by atoms with Gasteiger partial charge in [0.05, 0.1) is 6.10 Å². The Balaban J connectivity index is 1.28. The molecule has 2 aromatic rings. The number of benzene rings is 2. The Kier molecular flexibility index (Phi) is 3.19. The fourth-order valence-electron chi connectivity index (χ4n) is 4.78. The van der Waals surface area contributed by atoms with Crippen molar-refractivity contribution in [2.45, 2.75) is 24.9 Å². The molecule has 5 rings (SSSR count). The number of likely N-dealkylation sites (tertiary alicyclic amines) is 1. The summed E-state index contributed by atoms with van der Waals surface area (Å²) >= 11 is 0. The maximum Gasteiger partial charge on any atom is 0.409 e. The van der Waals surface area contributed by atoms with Gasteiger partial charge in [-0.15, -0.1) is 0 Å². The Hall–Kier alpha value is -2.33. The number of hydrogen-bond acceptors (Lipinski definition) is 3. The first-order chi connectivity index (χ1) is 12.2. The lowest BCUT2D eigenvalue weighted by molar-refractivity contribution is -0.119. The highest BCUT2D eigenvalue weighted by molar-refractivity contribution is 5.79. The van der Waals surface area contributed by atoms with E-state index in [4.69, 9.17) is 4.74 Å². The van der Waals surface area contributed by atoms with E-state index in [1.165, 1.54) is 22.3 Å². The van der Waals surface area contributed by atoms with Gasteiger partial charge in [0, 0.05) is 24.4 Å². The number of aliphatic hydroxyl groups is 1. The van der Waals surface area contributed by atoms with Crippen LogP contribution in [-0.4, -0.2) is 41.9 Å². The molecule has 25 heavy (non-hydrogen) atoms. The highest BCUT2D eigenvalue weighted by Gasteiger charge is 2.53. The predicted octanol–water partition coefficient (Wildman–Crippen LogP) is 3.39. The van der Waals surface area contributed by atoms with Crippen molar-refractivity contribution in [3.8, 4) is 11.1 Å². The molecular weight excluding hydrogens is 314 g/mol. The number of rotatable bonds is 2. The van der Waals surface area contributed by atoms with Gasteiger partial charge in [-0.25, -0.2) is 4.79 Å². The van der Waals surface area contributed by atoms with E-state index < -0.39 is 0 Å². The van der Waals surface area contributed by atoms with Crippen molar-refractivity contribution in [3.05, 3.63) is 59.7 Å². The zero-order valence-electron chi connectivity index (χ0n) is 14.0. The van der Waals surface area contributed by atoms with Gasteiger partial charge in [0.1, 0.15) is 6.61 Å². The molecule has 128 valence electrons. The average Bonchev–Trinajstić information content (AvgIpc) is 2.89. The molecule has 1 spiro atoms. The molecule has 0 aromatic heterocycles. The van der Waals surface area contributed by atoms with Gasteiger partial charge in [0.15, 0.2) is 0 Å². The minimum atomic E-state index is -0.228. The van der Waals surface area contributed by atoms with Crippen molar-refractivity contribution < 1.29 is 14.6 Å². The molecule has 0 atom stereocenters. The summed E-state index contributed by atoms with van der Waals surface area (Å²) in [6.07, 6.45) is 1.24. The number of ether oxygens (including phenoxy) is 1. The normalized spacial score (nSPS) is 20.6. The van der Waals surface area contributed by atoms with Crippen molar-refractivity contribution in [2.24, 2.45) is 5.41 Å².